The molecule has 0 atom stereocenters. The number of rotatable bonds is 7. The number of furan rings is 1. The van der Waals surface area contributed by atoms with E-state index in [0.29, 0.717) is 5.82 Å². The molecule has 3 heterocycles. The third kappa shape index (κ3) is 5.55. The molecule has 0 fully saturated rings. The van der Waals surface area contributed by atoms with Gasteiger partial charge >= 0.3 is 0 Å². The lowest BCUT2D eigenvalue weighted by molar-refractivity contribution is 0.671. The van der Waals surface area contributed by atoms with Crippen LogP contribution in [0.15, 0.2) is 248 Å². The average Bonchev–Trinajstić information content (AvgIpc) is 3.89. The van der Waals surface area contributed by atoms with Crippen LogP contribution in [-0.2, 0) is 0 Å². The van der Waals surface area contributed by atoms with Crippen LogP contribution in [0.1, 0.15) is 0 Å². The van der Waals surface area contributed by atoms with Crippen molar-refractivity contribution >= 4 is 64.7 Å². The second-order valence-corrected chi connectivity index (χ2v) is 18.4. The first-order chi connectivity index (χ1) is 30.3. The summed E-state index contributed by atoms with van der Waals surface area (Å²) in [6.07, 6.45) is 0. The molecule has 0 radical (unpaired) electrons. The maximum Gasteiger partial charge on any atom is 0.160 e. The Labute approximate surface area is 354 Å². The second-order valence-electron chi connectivity index (χ2n) is 15.3. The summed E-state index contributed by atoms with van der Waals surface area (Å²) < 4.78 is 9.20. The molecule has 288 valence electrons. The second kappa shape index (κ2) is 14.2. The van der Waals surface area contributed by atoms with E-state index < -0.39 is 10.0 Å². The fourth-order valence-corrected chi connectivity index (χ4v) is 13.1. The highest BCUT2D eigenvalue weighted by Crippen LogP contribution is 2.73. The van der Waals surface area contributed by atoms with Crippen LogP contribution in [0.3, 0.4) is 0 Å². The Kier molecular flexibility index (Phi) is 8.22. The SMILES string of the molecule is c1ccc(-c2nc(-c3ccc(-n4c5ccc(S(c6ccccc6)(c6ccccc6)c6ccccc6)cc5c5ccc6c7ccccc7oc6c54)cc3)nc3ccccc23)cc1. The summed E-state index contributed by atoms with van der Waals surface area (Å²) in [5.74, 6) is 0.692. The van der Waals surface area contributed by atoms with E-state index >= 15 is 0 Å². The van der Waals surface area contributed by atoms with E-state index in [0.717, 1.165) is 71.8 Å². The van der Waals surface area contributed by atoms with Gasteiger partial charge in [0.1, 0.15) is 5.58 Å². The van der Waals surface area contributed by atoms with Gasteiger partial charge in [-0.25, -0.2) is 9.97 Å². The van der Waals surface area contributed by atoms with Crippen LogP contribution in [0.4, 0.5) is 0 Å². The van der Waals surface area contributed by atoms with Gasteiger partial charge in [0.2, 0.25) is 0 Å². The zero-order valence-corrected chi connectivity index (χ0v) is 33.8. The van der Waals surface area contributed by atoms with Crippen LogP contribution >= 0.6 is 10.0 Å². The first-order valence-corrected chi connectivity index (χ1v) is 22.2. The normalized spacial score (nSPS) is 12.2. The smallest absolute Gasteiger partial charge is 0.160 e. The van der Waals surface area contributed by atoms with Crippen LogP contribution in [0.5, 0.6) is 0 Å². The lowest BCUT2D eigenvalue weighted by atomic mass is 10.1. The summed E-state index contributed by atoms with van der Waals surface area (Å²) in [4.78, 5) is 15.4. The topological polar surface area (TPSA) is 43.9 Å². The fourth-order valence-electron chi connectivity index (χ4n) is 9.19. The summed E-state index contributed by atoms with van der Waals surface area (Å²) in [5.41, 5.74) is 8.79. The predicted molar refractivity (Wildman–Crippen MR) is 252 cm³/mol. The van der Waals surface area contributed by atoms with Gasteiger partial charge in [-0.2, -0.15) is 0 Å². The van der Waals surface area contributed by atoms with Gasteiger partial charge in [-0.3, -0.25) is 0 Å². The van der Waals surface area contributed by atoms with Gasteiger partial charge in [0.05, 0.1) is 22.2 Å². The van der Waals surface area contributed by atoms with Crippen molar-refractivity contribution in [3.63, 3.8) is 0 Å². The van der Waals surface area contributed by atoms with Crippen molar-refractivity contribution in [2.75, 3.05) is 0 Å². The Morgan fingerprint density at radius 2 is 0.967 bits per heavy atom. The van der Waals surface area contributed by atoms with E-state index in [9.17, 15) is 0 Å². The van der Waals surface area contributed by atoms with Crippen molar-refractivity contribution in [3.05, 3.63) is 224 Å². The molecular formula is C56H37N3OS. The fraction of sp³-hybridized carbons (Fsp3) is 0. The van der Waals surface area contributed by atoms with E-state index in [-0.39, 0.29) is 0 Å². The minimum absolute atomic E-state index is 0.692. The molecule has 12 rings (SSSR count). The Morgan fingerprint density at radius 1 is 0.393 bits per heavy atom. The molecule has 0 bridgehead atoms. The maximum absolute atomic E-state index is 6.82. The summed E-state index contributed by atoms with van der Waals surface area (Å²) in [6.45, 7) is 0. The zero-order chi connectivity index (χ0) is 40.3. The summed E-state index contributed by atoms with van der Waals surface area (Å²) in [7, 11) is -1.91. The molecule has 0 N–H and O–H groups in total. The Bertz CT molecular complexity index is 3470. The molecule has 0 aliphatic heterocycles. The van der Waals surface area contributed by atoms with Gasteiger partial charge in [0.15, 0.2) is 11.4 Å². The molecule has 4 nitrogen and oxygen atoms in total. The molecule has 0 spiro atoms. The number of fused-ring (bicyclic) bond motifs is 8. The van der Waals surface area contributed by atoms with Crippen molar-refractivity contribution in [3.8, 4) is 28.3 Å². The minimum atomic E-state index is -1.91. The van der Waals surface area contributed by atoms with Crippen LogP contribution in [0.2, 0.25) is 0 Å². The predicted octanol–water partition coefficient (Wildman–Crippen LogP) is 15.3. The van der Waals surface area contributed by atoms with Gasteiger partial charge in [-0.15, -0.1) is 10.0 Å². The quantitative estimate of drug-likeness (QED) is 0.161. The Hall–Kier alpha value is -7.73. The molecule has 0 unspecified atom stereocenters. The highest BCUT2D eigenvalue weighted by Gasteiger charge is 2.34. The molecule has 3 aromatic heterocycles. The molecular weight excluding hydrogens is 763 g/mol. The molecule has 0 amide bonds. The van der Waals surface area contributed by atoms with E-state index in [4.69, 9.17) is 14.4 Å². The third-order valence-electron chi connectivity index (χ3n) is 11.9. The van der Waals surface area contributed by atoms with E-state index in [2.05, 4.69) is 205 Å². The molecule has 61 heavy (non-hydrogen) atoms. The lowest BCUT2D eigenvalue weighted by Crippen LogP contribution is -2.05. The van der Waals surface area contributed by atoms with Crippen molar-refractivity contribution < 1.29 is 4.42 Å². The molecule has 0 saturated heterocycles. The van der Waals surface area contributed by atoms with Crippen molar-refractivity contribution in [2.24, 2.45) is 0 Å². The maximum atomic E-state index is 6.82. The van der Waals surface area contributed by atoms with Crippen LogP contribution in [0.25, 0.3) is 83.0 Å². The number of benzene rings is 9. The monoisotopic (exact) mass is 799 g/mol. The first kappa shape index (κ1) is 35.2. The third-order valence-corrected chi connectivity index (χ3v) is 15.8. The van der Waals surface area contributed by atoms with E-state index in [1.807, 2.05) is 24.3 Å². The van der Waals surface area contributed by atoms with Gasteiger partial charge in [-0.1, -0.05) is 127 Å². The zero-order valence-electron chi connectivity index (χ0n) is 33.0. The molecule has 9 aromatic carbocycles. The highest BCUT2D eigenvalue weighted by atomic mass is 32.3. The Balaban J connectivity index is 1.11. The van der Waals surface area contributed by atoms with E-state index in [1.54, 1.807) is 0 Å². The largest absolute Gasteiger partial charge is 0.454 e. The lowest BCUT2D eigenvalue weighted by Gasteiger charge is -2.42. The van der Waals surface area contributed by atoms with E-state index in [1.165, 1.54) is 25.0 Å². The Morgan fingerprint density at radius 3 is 1.64 bits per heavy atom. The summed E-state index contributed by atoms with van der Waals surface area (Å²) >= 11 is 0. The van der Waals surface area contributed by atoms with Gasteiger partial charge in [-0.05, 0) is 97.1 Å². The van der Waals surface area contributed by atoms with Crippen molar-refractivity contribution in [2.45, 2.75) is 19.6 Å². The standard InChI is InChI=1S/C56H37N3OS/c1-5-17-38(18-6-1)53-48-26-13-15-27-50(48)57-56(58-53)39-29-31-40(32-30-39)59-51-36-33-44(37-49(51)46-34-35-47-45-25-14-16-28-52(45)60-55(47)54(46)59)61(41-19-7-2-8-20-41,42-21-9-3-10-22-42)43-23-11-4-12-24-43/h1-37H. The highest BCUT2D eigenvalue weighted by molar-refractivity contribution is 8.34. The summed E-state index contributed by atoms with van der Waals surface area (Å²) in [6, 6.07) is 80.4. The van der Waals surface area contributed by atoms with Crippen LogP contribution in [0, 0.1) is 0 Å². The molecule has 0 saturated carbocycles. The molecule has 5 heteroatoms. The van der Waals surface area contributed by atoms with Gasteiger partial charge in [0.25, 0.3) is 0 Å². The van der Waals surface area contributed by atoms with Crippen molar-refractivity contribution in [1.29, 1.82) is 0 Å². The minimum Gasteiger partial charge on any atom is -0.454 e. The van der Waals surface area contributed by atoms with Crippen LogP contribution < -0.4 is 0 Å². The number of hydrogen-bond acceptors (Lipinski definition) is 3. The molecule has 0 aliphatic rings. The van der Waals surface area contributed by atoms with Crippen LogP contribution in [-0.4, -0.2) is 14.5 Å². The van der Waals surface area contributed by atoms with Crippen molar-refractivity contribution in [1.82, 2.24) is 14.5 Å². The number of nitrogens with zero attached hydrogens (tertiary/aromatic N) is 3. The number of para-hydroxylation sites is 2. The van der Waals surface area contributed by atoms with Gasteiger partial charge < -0.3 is 8.98 Å². The number of aromatic nitrogens is 3. The molecule has 12 aromatic rings. The average molecular weight is 800 g/mol. The summed E-state index contributed by atoms with van der Waals surface area (Å²) in [5, 5.41) is 5.55. The first-order valence-electron chi connectivity index (χ1n) is 20.6. The molecule has 0 aliphatic carbocycles. The number of hydrogen-bond donors (Lipinski definition) is 0. The van der Waals surface area contributed by atoms with Gasteiger partial charge in [0, 0.05) is 63.3 Å².